The van der Waals surface area contributed by atoms with E-state index in [9.17, 15) is 9.59 Å². The number of allylic oxidation sites excluding steroid dienone is 1. The minimum Gasteiger partial charge on any atom is -0.497 e. The maximum atomic E-state index is 13.2. The Labute approximate surface area is 206 Å². The molecule has 3 aromatic carbocycles. The number of carbonyl (C=O) groups excluding carboxylic acids is 2. The van der Waals surface area contributed by atoms with Gasteiger partial charge in [0.1, 0.15) is 30.5 Å². The van der Waals surface area contributed by atoms with E-state index in [4.69, 9.17) is 28.4 Å². The van der Waals surface area contributed by atoms with Crippen molar-refractivity contribution in [1.29, 1.82) is 0 Å². The Hall–Kier alpha value is -4.46. The second-order valence-corrected chi connectivity index (χ2v) is 8.55. The Morgan fingerprint density at radius 2 is 1.67 bits per heavy atom. The van der Waals surface area contributed by atoms with Crippen LogP contribution in [-0.2, 0) is 4.79 Å². The first-order valence-corrected chi connectivity index (χ1v) is 11.5. The van der Waals surface area contributed by atoms with E-state index in [1.54, 1.807) is 32.4 Å². The van der Waals surface area contributed by atoms with Crippen LogP contribution in [0.1, 0.15) is 39.4 Å². The van der Waals surface area contributed by atoms with Crippen molar-refractivity contribution in [3.05, 3.63) is 76.5 Å². The number of carbonyl (C=O) groups is 2. The number of hydrogen-bond acceptors (Lipinski definition) is 8. The average molecular weight is 486 g/mol. The lowest BCUT2D eigenvalue weighted by Gasteiger charge is -2.28. The van der Waals surface area contributed by atoms with Gasteiger partial charge in [-0.2, -0.15) is 0 Å². The van der Waals surface area contributed by atoms with Gasteiger partial charge in [0.2, 0.25) is 11.5 Å². The average Bonchev–Trinajstić information content (AvgIpc) is 3.22. The molecular formula is C28H22O8. The molecule has 3 aliphatic rings. The van der Waals surface area contributed by atoms with Crippen molar-refractivity contribution in [3.8, 4) is 34.5 Å². The molecule has 3 aromatic rings. The molecule has 0 radical (unpaired) electrons. The van der Waals surface area contributed by atoms with Gasteiger partial charge < -0.3 is 28.4 Å². The molecule has 0 N–H and O–H groups in total. The summed E-state index contributed by atoms with van der Waals surface area (Å²) in [5.74, 6) is 2.19. The molecule has 0 bridgehead atoms. The fourth-order valence-electron chi connectivity index (χ4n) is 4.74. The van der Waals surface area contributed by atoms with Crippen molar-refractivity contribution in [2.75, 3.05) is 27.4 Å². The number of benzene rings is 3. The van der Waals surface area contributed by atoms with E-state index in [0.29, 0.717) is 58.8 Å². The molecule has 36 heavy (non-hydrogen) atoms. The number of rotatable bonds is 4. The third kappa shape index (κ3) is 3.62. The molecule has 8 heteroatoms. The van der Waals surface area contributed by atoms with E-state index >= 15 is 0 Å². The van der Waals surface area contributed by atoms with Crippen LogP contribution in [0.4, 0.5) is 0 Å². The van der Waals surface area contributed by atoms with E-state index < -0.39 is 5.92 Å². The molecule has 3 heterocycles. The van der Waals surface area contributed by atoms with Crippen LogP contribution in [0.25, 0.3) is 6.08 Å². The predicted molar refractivity (Wildman–Crippen MR) is 128 cm³/mol. The quantitative estimate of drug-likeness (QED) is 0.302. The highest BCUT2D eigenvalue weighted by atomic mass is 16.6. The van der Waals surface area contributed by atoms with Gasteiger partial charge in [0.15, 0.2) is 17.3 Å². The van der Waals surface area contributed by atoms with E-state index in [-0.39, 0.29) is 23.9 Å². The second-order valence-electron chi connectivity index (χ2n) is 8.55. The molecule has 6 rings (SSSR count). The fourth-order valence-corrected chi connectivity index (χ4v) is 4.74. The Kier molecular flexibility index (Phi) is 5.29. The zero-order valence-electron chi connectivity index (χ0n) is 19.7. The van der Waals surface area contributed by atoms with Crippen LogP contribution < -0.4 is 28.4 Å². The van der Waals surface area contributed by atoms with Crippen LogP contribution in [0.2, 0.25) is 0 Å². The normalized spacial score (nSPS) is 18.7. The maximum absolute atomic E-state index is 13.2. The topological polar surface area (TPSA) is 89.5 Å². The summed E-state index contributed by atoms with van der Waals surface area (Å²) in [7, 11) is 3.15. The van der Waals surface area contributed by atoms with Crippen LogP contribution >= 0.6 is 0 Å². The predicted octanol–water partition coefficient (Wildman–Crippen LogP) is 4.53. The number of fused-ring (bicyclic) bond motifs is 4. The maximum Gasteiger partial charge on any atom is 0.312 e. The zero-order chi connectivity index (χ0) is 24.8. The highest BCUT2D eigenvalue weighted by Crippen LogP contribution is 2.51. The lowest BCUT2D eigenvalue weighted by molar-refractivity contribution is -0.135. The van der Waals surface area contributed by atoms with Gasteiger partial charge in [-0.15, -0.1) is 0 Å². The summed E-state index contributed by atoms with van der Waals surface area (Å²) in [6.45, 7) is 0.837. The molecule has 182 valence electrons. The van der Waals surface area contributed by atoms with Crippen LogP contribution in [0, 0.1) is 0 Å². The summed E-state index contributed by atoms with van der Waals surface area (Å²) in [5.41, 5.74) is 2.62. The lowest BCUT2D eigenvalue weighted by Crippen LogP contribution is -2.22. The summed E-state index contributed by atoms with van der Waals surface area (Å²) in [5, 5.41) is 0. The monoisotopic (exact) mass is 486 g/mol. The fraction of sp³-hybridized carbons (Fsp3) is 0.214. The van der Waals surface area contributed by atoms with Gasteiger partial charge in [0, 0.05) is 11.5 Å². The summed E-state index contributed by atoms with van der Waals surface area (Å²) in [4.78, 5) is 25.8. The Bertz CT molecular complexity index is 1400. The first-order valence-electron chi connectivity index (χ1n) is 11.5. The van der Waals surface area contributed by atoms with Crippen LogP contribution in [0.3, 0.4) is 0 Å². The van der Waals surface area contributed by atoms with Crippen LogP contribution in [0.5, 0.6) is 34.5 Å². The Balaban J connectivity index is 1.44. The lowest BCUT2D eigenvalue weighted by atomic mass is 9.84. The number of ether oxygens (including phenoxy) is 6. The van der Waals surface area contributed by atoms with Crippen molar-refractivity contribution in [3.63, 3.8) is 0 Å². The minimum atomic E-state index is -0.436. The molecule has 0 saturated carbocycles. The second kappa shape index (κ2) is 8.64. The highest BCUT2D eigenvalue weighted by molar-refractivity contribution is 6.15. The largest absolute Gasteiger partial charge is 0.497 e. The molecule has 8 nitrogen and oxygen atoms in total. The SMILES string of the molecule is COc1ccc(C=C2Oc3c(ccc4c3C(c3cc(OC)c5c(c3)OCCO5)CC(=O)O4)C2=O)cc1. The number of Topliss-reactive ketones (excluding diaryl/α,β-unsaturated/α-hetero) is 1. The van der Waals surface area contributed by atoms with Gasteiger partial charge >= 0.3 is 5.97 Å². The number of esters is 1. The number of ketones is 1. The molecule has 0 saturated heterocycles. The van der Waals surface area contributed by atoms with Gasteiger partial charge in [-0.05, 0) is 53.6 Å². The van der Waals surface area contributed by atoms with Gasteiger partial charge in [-0.25, -0.2) is 0 Å². The summed E-state index contributed by atoms with van der Waals surface area (Å²) in [6, 6.07) is 14.2. The van der Waals surface area contributed by atoms with E-state index in [2.05, 4.69) is 0 Å². The molecule has 1 atom stereocenters. The van der Waals surface area contributed by atoms with Gasteiger partial charge in [0.05, 0.1) is 26.2 Å². The van der Waals surface area contributed by atoms with Gasteiger partial charge in [0.25, 0.3) is 0 Å². The van der Waals surface area contributed by atoms with E-state index in [1.165, 1.54) is 0 Å². The molecule has 0 amide bonds. The van der Waals surface area contributed by atoms with Crippen LogP contribution in [0.15, 0.2) is 54.3 Å². The smallest absolute Gasteiger partial charge is 0.312 e. The molecular weight excluding hydrogens is 464 g/mol. The standard InChI is InChI=1S/C28H22O8/c1-31-17-5-3-15(4-6-17)11-21-26(30)18-7-8-20-25(27(18)36-21)19(14-24(29)35-20)16-12-22(32-2)28-23(13-16)33-9-10-34-28/h3-8,11-13,19H,9-10,14H2,1-2H3. The first-order chi connectivity index (χ1) is 17.6. The Morgan fingerprint density at radius 3 is 2.44 bits per heavy atom. The third-order valence-corrected chi connectivity index (χ3v) is 6.45. The molecule has 0 spiro atoms. The summed E-state index contributed by atoms with van der Waals surface area (Å²) in [6.07, 6.45) is 1.76. The first kappa shape index (κ1) is 22.0. The van der Waals surface area contributed by atoms with E-state index in [1.807, 2.05) is 36.4 Å². The van der Waals surface area contributed by atoms with Crippen molar-refractivity contribution in [1.82, 2.24) is 0 Å². The van der Waals surface area contributed by atoms with Crippen molar-refractivity contribution in [2.24, 2.45) is 0 Å². The summed E-state index contributed by atoms with van der Waals surface area (Å²) >= 11 is 0. The number of hydrogen-bond donors (Lipinski definition) is 0. The molecule has 3 aliphatic heterocycles. The van der Waals surface area contributed by atoms with Crippen LogP contribution in [-0.4, -0.2) is 39.2 Å². The third-order valence-electron chi connectivity index (χ3n) is 6.45. The molecule has 0 aliphatic carbocycles. The van der Waals surface area contributed by atoms with E-state index in [0.717, 1.165) is 11.1 Å². The van der Waals surface area contributed by atoms with Crippen molar-refractivity contribution < 1.29 is 38.0 Å². The van der Waals surface area contributed by atoms with Gasteiger partial charge in [-0.1, -0.05) is 12.1 Å². The molecule has 0 aromatic heterocycles. The van der Waals surface area contributed by atoms with Crippen molar-refractivity contribution >= 4 is 17.8 Å². The van der Waals surface area contributed by atoms with Crippen molar-refractivity contribution in [2.45, 2.75) is 12.3 Å². The highest BCUT2D eigenvalue weighted by Gasteiger charge is 2.39. The molecule has 1 unspecified atom stereocenters. The minimum absolute atomic E-state index is 0.0708. The summed E-state index contributed by atoms with van der Waals surface area (Å²) < 4.78 is 33.9. The molecule has 0 fully saturated rings. The van der Waals surface area contributed by atoms with Gasteiger partial charge in [-0.3, -0.25) is 9.59 Å². The Morgan fingerprint density at radius 1 is 0.861 bits per heavy atom. The number of methoxy groups -OCH3 is 2. The zero-order valence-corrected chi connectivity index (χ0v) is 19.7.